The quantitative estimate of drug-likeness (QED) is 0.894. The van der Waals surface area contributed by atoms with Crippen LogP contribution in [0, 0.1) is 5.41 Å². The molecule has 0 aliphatic heterocycles. The van der Waals surface area contributed by atoms with Crippen LogP contribution < -0.4 is 10.6 Å². The first-order valence-electron chi connectivity index (χ1n) is 6.15. The molecule has 0 radical (unpaired) electrons. The molecule has 0 saturated carbocycles. The van der Waals surface area contributed by atoms with Gasteiger partial charge in [0.15, 0.2) is 0 Å². The van der Waals surface area contributed by atoms with E-state index in [1.165, 1.54) is 0 Å². The molecule has 0 spiro atoms. The second-order valence-corrected chi connectivity index (χ2v) is 5.45. The van der Waals surface area contributed by atoms with Crippen LogP contribution in [0.1, 0.15) is 13.8 Å². The number of nitrogens with two attached hydrogens (primary N) is 1. The van der Waals surface area contributed by atoms with Crippen LogP contribution in [0.15, 0.2) is 30.5 Å². The van der Waals surface area contributed by atoms with Crippen LogP contribution in [-0.2, 0) is 0 Å². The second kappa shape index (κ2) is 4.90. The van der Waals surface area contributed by atoms with Gasteiger partial charge in [-0.25, -0.2) is 9.97 Å². The monoisotopic (exact) mass is 244 g/mol. The molecule has 1 heterocycles. The van der Waals surface area contributed by atoms with E-state index in [-0.39, 0.29) is 5.41 Å². The molecule has 1 aromatic carbocycles. The molecule has 2 aromatic rings. The van der Waals surface area contributed by atoms with E-state index in [2.05, 4.69) is 28.7 Å². The third-order valence-corrected chi connectivity index (χ3v) is 3.04. The molecular weight excluding hydrogens is 224 g/mol. The van der Waals surface area contributed by atoms with E-state index in [0.29, 0.717) is 6.54 Å². The van der Waals surface area contributed by atoms with Crippen molar-refractivity contribution in [3.05, 3.63) is 30.5 Å². The van der Waals surface area contributed by atoms with E-state index in [9.17, 15) is 0 Å². The third-order valence-electron chi connectivity index (χ3n) is 3.04. The Labute approximate surface area is 108 Å². The van der Waals surface area contributed by atoms with Crippen molar-refractivity contribution in [2.45, 2.75) is 13.8 Å². The average Bonchev–Trinajstić information content (AvgIpc) is 2.37. The first-order valence-corrected chi connectivity index (χ1v) is 6.15. The number of rotatable bonds is 4. The number of fused-ring (bicyclic) bond motifs is 1. The van der Waals surface area contributed by atoms with Crippen molar-refractivity contribution >= 4 is 16.9 Å². The molecule has 0 aliphatic rings. The van der Waals surface area contributed by atoms with Crippen LogP contribution in [0.3, 0.4) is 0 Å². The van der Waals surface area contributed by atoms with Gasteiger partial charge in [-0.3, -0.25) is 0 Å². The lowest BCUT2D eigenvalue weighted by Gasteiger charge is -2.29. The van der Waals surface area contributed by atoms with Gasteiger partial charge in [-0.05, 0) is 18.0 Å². The third kappa shape index (κ3) is 2.76. The van der Waals surface area contributed by atoms with Crippen LogP contribution in [0.5, 0.6) is 0 Å². The van der Waals surface area contributed by atoms with Crippen molar-refractivity contribution in [3.63, 3.8) is 0 Å². The molecule has 0 bridgehead atoms. The van der Waals surface area contributed by atoms with Gasteiger partial charge in [0, 0.05) is 25.2 Å². The largest absolute Gasteiger partial charge is 0.343 e. The van der Waals surface area contributed by atoms with Crippen LogP contribution in [0.4, 0.5) is 5.95 Å². The van der Waals surface area contributed by atoms with E-state index in [4.69, 9.17) is 5.73 Å². The highest BCUT2D eigenvalue weighted by Crippen LogP contribution is 2.19. The molecule has 0 fully saturated rings. The minimum Gasteiger partial charge on any atom is -0.343 e. The molecular formula is C14H20N4. The first kappa shape index (κ1) is 12.8. The molecule has 2 N–H and O–H groups in total. The Balaban J connectivity index is 2.25. The SMILES string of the molecule is CN(CC(C)(C)CN)c1ncc2ccccc2n1. The number of benzene rings is 1. The van der Waals surface area contributed by atoms with Gasteiger partial charge in [-0.1, -0.05) is 32.0 Å². The lowest BCUT2D eigenvalue weighted by Crippen LogP contribution is -2.37. The van der Waals surface area contributed by atoms with Gasteiger partial charge in [-0.15, -0.1) is 0 Å². The van der Waals surface area contributed by atoms with Gasteiger partial charge in [-0.2, -0.15) is 0 Å². The number of para-hydroxylation sites is 1. The first-order chi connectivity index (χ1) is 8.52. The summed E-state index contributed by atoms with van der Waals surface area (Å²) < 4.78 is 0. The molecule has 1 aromatic heterocycles. The Morgan fingerprint density at radius 2 is 2.00 bits per heavy atom. The zero-order valence-electron chi connectivity index (χ0n) is 11.2. The highest BCUT2D eigenvalue weighted by molar-refractivity contribution is 5.78. The van der Waals surface area contributed by atoms with Crippen LogP contribution in [-0.4, -0.2) is 30.1 Å². The molecule has 0 aliphatic carbocycles. The fraction of sp³-hybridized carbons (Fsp3) is 0.429. The summed E-state index contributed by atoms with van der Waals surface area (Å²) in [5.74, 6) is 0.746. The Morgan fingerprint density at radius 3 is 2.72 bits per heavy atom. The van der Waals surface area contributed by atoms with E-state index < -0.39 is 0 Å². The molecule has 2 rings (SSSR count). The summed E-state index contributed by atoms with van der Waals surface area (Å²) in [6, 6.07) is 8.00. The molecule has 18 heavy (non-hydrogen) atoms. The lowest BCUT2D eigenvalue weighted by molar-refractivity contribution is 0.383. The summed E-state index contributed by atoms with van der Waals surface area (Å²) in [5.41, 5.74) is 6.79. The van der Waals surface area contributed by atoms with E-state index in [1.54, 1.807) is 0 Å². The summed E-state index contributed by atoms with van der Waals surface area (Å²) in [7, 11) is 2.00. The standard InChI is InChI=1S/C14H20N4/c1-14(2,9-15)10-18(3)13-16-8-11-6-4-5-7-12(11)17-13/h4-8H,9-10,15H2,1-3H3. The number of hydrogen-bond acceptors (Lipinski definition) is 4. The molecule has 0 unspecified atom stereocenters. The van der Waals surface area contributed by atoms with E-state index >= 15 is 0 Å². The zero-order chi connectivity index (χ0) is 13.2. The number of nitrogens with zero attached hydrogens (tertiary/aromatic N) is 3. The molecule has 4 nitrogen and oxygen atoms in total. The minimum absolute atomic E-state index is 0.0593. The highest BCUT2D eigenvalue weighted by atomic mass is 15.2. The highest BCUT2D eigenvalue weighted by Gasteiger charge is 2.19. The van der Waals surface area contributed by atoms with E-state index in [1.807, 2.05) is 37.5 Å². The maximum absolute atomic E-state index is 5.76. The zero-order valence-corrected chi connectivity index (χ0v) is 11.2. The van der Waals surface area contributed by atoms with Gasteiger partial charge in [0.1, 0.15) is 0 Å². The molecule has 0 atom stereocenters. The maximum atomic E-state index is 5.76. The number of aromatic nitrogens is 2. The van der Waals surface area contributed by atoms with Crippen molar-refractivity contribution in [2.75, 3.05) is 25.0 Å². The van der Waals surface area contributed by atoms with Crippen molar-refractivity contribution < 1.29 is 0 Å². The van der Waals surface area contributed by atoms with Crippen LogP contribution in [0.2, 0.25) is 0 Å². The van der Waals surface area contributed by atoms with Gasteiger partial charge in [0.2, 0.25) is 5.95 Å². The van der Waals surface area contributed by atoms with Gasteiger partial charge in [0.05, 0.1) is 5.52 Å². The smallest absolute Gasteiger partial charge is 0.225 e. The van der Waals surface area contributed by atoms with E-state index in [0.717, 1.165) is 23.4 Å². The molecule has 0 saturated heterocycles. The van der Waals surface area contributed by atoms with Crippen molar-refractivity contribution in [3.8, 4) is 0 Å². The summed E-state index contributed by atoms with van der Waals surface area (Å²) in [4.78, 5) is 11.0. The molecule has 96 valence electrons. The summed E-state index contributed by atoms with van der Waals surface area (Å²) in [5, 5.41) is 1.06. The van der Waals surface area contributed by atoms with Gasteiger partial charge < -0.3 is 10.6 Å². The summed E-state index contributed by atoms with van der Waals surface area (Å²) in [6.45, 7) is 5.77. The maximum Gasteiger partial charge on any atom is 0.225 e. The predicted octanol–water partition coefficient (Wildman–Crippen LogP) is 2.05. The number of anilines is 1. The van der Waals surface area contributed by atoms with Crippen molar-refractivity contribution in [1.29, 1.82) is 0 Å². The minimum atomic E-state index is 0.0593. The fourth-order valence-electron chi connectivity index (χ4n) is 1.92. The Morgan fingerprint density at radius 1 is 1.28 bits per heavy atom. The van der Waals surface area contributed by atoms with Crippen molar-refractivity contribution in [2.24, 2.45) is 11.1 Å². The Bertz CT molecular complexity index is 536. The van der Waals surface area contributed by atoms with Crippen molar-refractivity contribution in [1.82, 2.24) is 9.97 Å². The summed E-state index contributed by atoms with van der Waals surface area (Å²) >= 11 is 0. The topological polar surface area (TPSA) is 55.0 Å². The Hall–Kier alpha value is -1.68. The summed E-state index contributed by atoms with van der Waals surface area (Å²) in [6.07, 6.45) is 1.86. The average molecular weight is 244 g/mol. The number of hydrogen-bond donors (Lipinski definition) is 1. The van der Waals surface area contributed by atoms with Gasteiger partial charge in [0.25, 0.3) is 0 Å². The van der Waals surface area contributed by atoms with Crippen LogP contribution >= 0.6 is 0 Å². The van der Waals surface area contributed by atoms with Gasteiger partial charge >= 0.3 is 0 Å². The lowest BCUT2D eigenvalue weighted by atomic mass is 9.93. The normalized spacial score (nSPS) is 11.8. The fourth-order valence-corrected chi connectivity index (χ4v) is 1.92. The molecule has 0 amide bonds. The second-order valence-electron chi connectivity index (χ2n) is 5.45. The Kier molecular flexibility index (Phi) is 3.48. The van der Waals surface area contributed by atoms with Crippen LogP contribution in [0.25, 0.3) is 10.9 Å². The molecule has 4 heteroatoms. The predicted molar refractivity (Wildman–Crippen MR) is 75.6 cm³/mol.